The highest BCUT2D eigenvalue weighted by atomic mass is 79.9. The fourth-order valence-electron chi connectivity index (χ4n) is 0.695. The van der Waals surface area contributed by atoms with Crippen LogP contribution in [0.4, 0.5) is 4.79 Å². The zero-order valence-corrected chi connectivity index (χ0v) is 11.2. The number of amides is 1. The molecule has 0 spiro atoms. The van der Waals surface area contributed by atoms with E-state index in [-0.39, 0.29) is 15.6 Å². The van der Waals surface area contributed by atoms with Crippen molar-refractivity contribution >= 4 is 42.1 Å². The van der Waals surface area contributed by atoms with Gasteiger partial charge in [-0.15, -0.1) is 0 Å². The van der Waals surface area contributed by atoms with Gasteiger partial charge in [-0.05, 0) is 0 Å². The van der Waals surface area contributed by atoms with Gasteiger partial charge in [-0.1, -0.05) is 19.6 Å². The Bertz CT molecular complexity index is 394. The number of ether oxygens (including phenoxy) is 1. The van der Waals surface area contributed by atoms with E-state index in [4.69, 9.17) is 0 Å². The summed E-state index contributed by atoms with van der Waals surface area (Å²) in [5, 5.41) is 0.278. The van der Waals surface area contributed by atoms with Gasteiger partial charge in [-0.3, -0.25) is 0 Å². The van der Waals surface area contributed by atoms with E-state index in [9.17, 15) is 21.6 Å². The predicted octanol–water partition coefficient (Wildman–Crippen LogP) is -0.261. The second-order valence-corrected chi connectivity index (χ2v) is 7.21. The molecule has 0 aliphatic heterocycles. The molecule has 0 aliphatic rings. The van der Waals surface area contributed by atoms with Gasteiger partial charge in [0.25, 0.3) is 0 Å². The van der Waals surface area contributed by atoms with Crippen molar-refractivity contribution in [2.24, 2.45) is 0 Å². The second-order valence-electron chi connectivity index (χ2n) is 2.53. The van der Waals surface area contributed by atoms with Gasteiger partial charge >= 0.3 is 6.09 Å². The molecule has 0 saturated heterocycles. The first-order chi connectivity index (χ1) is 6.60. The lowest BCUT2D eigenvalue weighted by Crippen LogP contribution is -2.40. The van der Waals surface area contributed by atoms with E-state index in [1.54, 1.807) is 0 Å². The van der Waals surface area contributed by atoms with E-state index in [1.807, 2.05) is 0 Å². The molecule has 7 nitrogen and oxygen atoms in total. The summed E-state index contributed by atoms with van der Waals surface area (Å²) in [5.74, 6) is 0. The first-order valence-electron chi connectivity index (χ1n) is 3.54. The predicted molar refractivity (Wildman–Crippen MR) is 56.7 cm³/mol. The highest BCUT2D eigenvalue weighted by Crippen LogP contribution is 2.07. The number of carbonyl (C=O) groups is 1. The van der Waals surface area contributed by atoms with Gasteiger partial charge in [-0.25, -0.2) is 21.6 Å². The number of sulfonamides is 2. The highest BCUT2D eigenvalue weighted by Gasteiger charge is 2.33. The van der Waals surface area contributed by atoms with Crippen molar-refractivity contribution in [2.75, 3.05) is 24.4 Å². The maximum atomic E-state index is 11.1. The molecule has 0 heterocycles. The molecule has 0 atom stereocenters. The van der Waals surface area contributed by atoms with E-state index in [2.05, 4.69) is 20.7 Å². The smallest absolute Gasteiger partial charge is 0.438 e. The molecule has 0 aromatic rings. The normalized spacial score (nSPS) is 12.2. The second kappa shape index (κ2) is 5.12. The molecule has 0 radical (unpaired) electrons. The molecule has 0 aliphatic carbocycles. The lowest BCUT2D eigenvalue weighted by molar-refractivity contribution is 0.146. The van der Waals surface area contributed by atoms with Crippen LogP contribution in [-0.4, -0.2) is 51.1 Å². The number of hydrogen-bond donors (Lipinski definition) is 0. The number of alkyl halides is 1. The Morgan fingerprint density at radius 2 is 1.60 bits per heavy atom. The van der Waals surface area contributed by atoms with Crippen molar-refractivity contribution in [3.8, 4) is 0 Å². The summed E-state index contributed by atoms with van der Waals surface area (Å²) in [6.45, 7) is -0.125. The van der Waals surface area contributed by atoms with Crippen LogP contribution in [0, 0.1) is 0 Å². The zero-order chi connectivity index (χ0) is 12.3. The summed E-state index contributed by atoms with van der Waals surface area (Å²) >= 11 is 2.93. The monoisotopic (exact) mass is 323 g/mol. The van der Waals surface area contributed by atoms with Crippen molar-refractivity contribution in [1.29, 1.82) is 0 Å². The van der Waals surface area contributed by atoms with Crippen LogP contribution in [0.1, 0.15) is 0 Å². The van der Waals surface area contributed by atoms with Crippen molar-refractivity contribution in [2.45, 2.75) is 0 Å². The molecule has 0 aromatic carbocycles. The zero-order valence-electron chi connectivity index (χ0n) is 8.01. The highest BCUT2D eigenvalue weighted by molar-refractivity contribution is 9.09. The van der Waals surface area contributed by atoms with Crippen LogP contribution in [0.3, 0.4) is 0 Å². The first kappa shape index (κ1) is 14.6. The van der Waals surface area contributed by atoms with E-state index in [0.717, 1.165) is 0 Å². The van der Waals surface area contributed by atoms with Gasteiger partial charge in [0, 0.05) is 5.33 Å². The van der Waals surface area contributed by atoms with Gasteiger partial charge in [0.05, 0.1) is 12.5 Å². The third-order valence-corrected chi connectivity index (χ3v) is 4.51. The lowest BCUT2D eigenvalue weighted by atomic mass is 10.9. The molecule has 10 heteroatoms. The Hall–Kier alpha value is -0.350. The molecule has 0 fully saturated rings. The summed E-state index contributed by atoms with van der Waals surface area (Å²) in [7, 11) is -8.39. The number of nitrogens with zero attached hydrogens (tertiary/aromatic N) is 1. The van der Waals surface area contributed by atoms with Crippen molar-refractivity contribution in [1.82, 2.24) is 3.71 Å². The molecule has 0 aromatic heterocycles. The van der Waals surface area contributed by atoms with Crippen LogP contribution in [-0.2, 0) is 24.8 Å². The summed E-state index contributed by atoms with van der Waals surface area (Å²) in [6.07, 6.45) is -0.230. The fraction of sp³-hybridized carbons (Fsp3) is 0.800. The van der Waals surface area contributed by atoms with E-state index < -0.39 is 26.1 Å². The SMILES string of the molecule is CS(=O)(=O)N(C(=O)OCCBr)S(C)(=O)=O. The molecule has 0 unspecified atom stereocenters. The maximum Gasteiger partial charge on any atom is 0.438 e. The molecule has 1 amide bonds. The summed E-state index contributed by atoms with van der Waals surface area (Å²) in [5.41, 5.74) is 0. The minimum absolute atomic E-state index is 0.125. The van der Waals surface area contributed by atoms with Gasteiger partial charge in [-0.2, -0.15) is 0 Å². The van der Waals surface area contributed by atoms with Crippen molar-refractivity contribution < 1.29 is 26.4 Å². The lowest BCUT2D eigenvalue weighted by Gasteiger charge is -2.16. The first-order valence-corrected chi connectivity index (χ1v) is 8.35. The molecule has 0 N–H and O–H groups in total. The molecule has 15 heavy (non-hydrogen) atoms. The molecule has 0 rings (SSSR count). The van der Waals surface area contributed by atoms with Crippen LogP contribution in [0.25, 0.3) is 0 Å². The van der Waals surface area contributed by atoms with Crippen LogP contribution in [0.5, 0.6) is 0 Å². The summed E-state index contributed by atoms with van der Waals surface area (Å²) in [6, 6.07) is 0. The average molecular weight is 324 g/mol. The Kier molecular flexibility index (Phi) is 5.00. The minimum Gasteiger partial charge on any atom is -0.447 e. The third-order valence-electron chi connectivity index (χ3n) is 1.05. The molecule has 0 saturated carbocycles. The van der Waals surface area contributed by atoms with Crippen LogP contribution in [0.15, 0.2) is 0 Å². The van der Waals surface area contributed by atoms with Gasteiger partial charge < -0.3 is 4.74 Å². The molecular formula is C5H10BrNO6S2. The number of carbonyl (C=O) groups excluding carboxylic acids is 1. The summed E-state index contributed by atoms with van der Waals surface area (Å²) in [4.78, 5) is 11.1. The van der Waals surface area contributed by atoms with Crippen LogP contribution < -0.4 is 0 Å². The standard InChI is InChI=1S/C5H10BrNO6S2/c1-14(9,10)7(15(2,11)12)5(8)13-4-3-6/h3-4H2,1-2H3. The van der Waals surface area contributed by atoms with Crippen LogP contribution >= 0.6 is 15.9 Å². The number of rotatable bonds is 4. The fourth-order valence-corrected chi connectivity index (χ4v) is 3.47. The van der Waals surface area contributed by atoms with E-state index in [1.165, 1.54) is 0 Å². The van der Waals surface area contributed by atoms with Crippen molar-refractivity contribution in [3.05, 3.63) is 0 Å². The Morgan fingerprint density at radius 3 is 1.87 bits per heavy atom. The van der Waals surface area contributed by atoms with E-state index in [0.29, 0.717) is 12.5 Å². The van der Waals surface area contributed by atoms with Gasteiger partial charge in [0.1, 0.15) is 6.61 Å². The average Bonchev–Trinajstić information content (AvgIpc) is 1.94. The van der Waals surface area contributed by atoms with Crippen molar-refractivity contribution in [3.63, 3.8) is 0 Å². The Labute approximate surface area is 96.6 Å². The number of halogens is 1. The maximum absolute atomic E-state index is 11.1. The van der Waals surface area contributed by atoms with Crippen LogP contribution in [0.2, 0.25) is 0 Å². The summed E-state index contributed by atoms with van der Waals surface area (Å²) < 4.78 is 48.2. The van der Waals surface area contributed by atoms with Gasteiger partial charge in [0.15, 0.2) is 0 Å². The topological polar surface area (TPSA) is 97.8 Å². The quantitative estimate of drug-likeness (QED) is 0.661. The number of hydrogen-bond acceptors (Lipinski definition) is 6. The molecule has 0 bridgehead atoms. The Balaban J connectivity index is 5.09. The molecule has 90 valence electrons. The van der Waals surface area contributed by atoms with Gasteiger partial charge in [0.2, 0.25) is 20.0 Å². The largest absolute Gasteiger partial charge is 0.447 e. The molecular weight excluding hydrogens is 314 g/mol. The van der Waals surface area contributed by atoms with E-state index >= 15 is 0 Å². The Morgan fingerprint density at radius 1 is 1.20 bits per heavy atom. The minimum atomic E-state index is -4.20. The third kappa shape index (κ3) is 4.80.